The zero-order chi connectivity index (χ0) is 13.9. The summed E-state index contributed by atoms with van der Waals surface area (Å²) in [5.41, 5.74) is 1.81. The minimum atomic E-state index is -0.346. The molecule has 0 radical (unpaired) electrons. The van der Waals surface area contributed by atoms with Crippen LogP contribution in [-0.4, -0.2) is 20.8 Å². The van der Waals surface area contributed by atoms with Crippen molar-refractivity contribution in [3.05, 3.63) is 48.8 Å². The number of amides is 2. The number of hydrogen-bond donors (Lipinski definition) is 2. The van der Waals surface area contributed by atoms with E-state index in [-0.39, 0.29) is 6.03 Å². The van der Waals surface area contributed by atoms with Crippen LogP contribution in [-0.2, 0) is 7.05 Å². The second-order valence-corrected chi connectivity index (χ2v) is 4.36. The van der Waals surface area contributed by atoms with Crippen LogP contribution in [0, 0.1) is 0 Å². The molecule has 0 saturated carbocycles. The van der Waals surface area contributed by atoms with Crippen molar-refractivity contribution >= 4 is 28.4 Å². The van der Waals surface area contributed by atoms with Gasteiger partial charge in [0.1, 0.15) is 0 Å². The van der Waals surface area contributed by atoms with Crippen LogP contribution in [0.1, 0.15) is 0 Å². The van der Waals surface area contributed by atoms with Gasteiger partial charge in [-0.25, -0.2) is 4.79 Å². The molecule has 1 aromatic carbocycles. The molecule has 100 valence electrons. The fourth-order valence-electron chi connectivity index (χ4n) is 2.08. The summed E-state index contributed by atoms with van der Waals surface area (Å²) in [6.07, 6.45) is 3.43. The monoisotopic (exact) mass is 267 g/mol. The number of anilines is 2. The van der Waals surface area contributed by atoms with Crippen LogP contribution in [0.15, 0.2) is 48.8 Å². The third-order valence-corrected chi connectivity index (χ3v) is 2.96. The Hall–Kier alpha value is -2.89. The van der Waals surface area contributed by atoms with Crippen molar-refractivity contribution in [1.29, 1.82) is 0 Å². The fraction of sp³-hybridized carbons (Fsp3) is 0.0714. The number of aromatic nitrogens is 3. The molecule has 0 bridgehead atoms. The van der Waals surface area contributed by atoms with Crippen LogP contribution in [0.5, 0.6) is 0 Å². The molecule has 0 aliphatic carbocycles. The minimum Gasteiger partial charge on any atom is -0.348 e. The average molecular weight is 267 g/mol. The van der Waals surface area contributed by atoms with Gasteiger partial charge in [-0.05, 0) is 18.2 Å². The van der Waals surface area contributed by atoms with E-state index in [1.165, 1.54) is 0 Å². The Balaban J connectivity index is 1.81. The number of carbonyl (C=O) groups is 1. The molecule has 0 unspecified atom stereocenters. The van der Waals surface area contributed by atoms with Gasteiger partial charge in [-0.2, -0.15) is 5.10 Å². The Bertz CT molecular complexity index is 751. The fourth-order valence-corrected chi connectivity index (χ4v) is 2.08. The van der Waals surface area contributed by atoms with Gasteiger partial charge >= 0.3 is 6.03 Å². The average Bonchev–Trinajstić information content (AvgIpc) is 2.77. The molecule has 2 amide bonds. The van der Waals surface area contributed by atoms with Crippen molar-refractivity contribution in [2.24, 2.45) is 7.05 Å². The van der Waals surface area contributed by atoms with Crippen molar-refractivity contribution in [3.63, 3.8) is 0 Å². The predicted octanol–water partition coefficient (Wildman–Crippen LogP) is 2.61. The van der Waals surface area contributed by atoms with Gasteiger partial charge in [0, 0.05) is 30.3 Å². The van der Waals surface area contributed by atoms with Gasteiger partial charge in [-0.1, -0.05) is 18.2 Å². The summed E-state index contributed by atoms with van der Waals surface area (Å²) in [5, 5.41) is 13.9. The van der Waals surface area contributed by atoms with E-state index in [9.17, 15) is 4.79 Å². The number of aryl methyl sites for hydroxylation is 1. The lowest BCUT2D eigenvalue weighted by atomic mass is 10.2. The Morgan fingerprint density at radius 1 is 1.15 bits per heavy atom. The number of rotatable bonds is 2. The van der Waals surface area contributed by atoms with Gasteiger partial charge in [0.2, 0.25) is 0 Å². The Morgan fingerprint density at radius 2 is 2.00 bits per heavy atom. The van der Waals surface area contributed by atoms with E-state index < -0.39 is 0 Å². The smallest absolute Gasteiger partial charge is 0.324 e. The molecule has 2 heterocycles. The van der Waals surface area contributed by atoms with Crippen LogP contribution in [0.3, 0.4) is 0 Å². The van der Waals surface area contributed by atoms with E-state index in [1.807, 2.05) is 42.1 Å². The topological polar surface area (TPSA) is 71.8 Å². The maximum absolute atomic E-state index is 11.9. The lowest BCUT2D eigenvalue weighted by molar-refractivity contribution is 0.262. The molecule has 3 rings (SSSR count). The first-order valence-corrected chi connectivity index (χ1v) is 6.14. The highest BCUT2D eigenvalue weighted by atomic mass is 16.2. The molecule has 0 atom stereocenters. The number of carbonyl (C=O) groups excluding carboxylic acids is 1. The van der Waals surface area contributed by atoms with Gasteiger partial charge in [0.15, 0.2) is 5.82 Å². The van der Waals surface area contributed by atoms with E-state index in [4.69, 9.17) is 0 Å². The molecule has 0 aliphatic rings. The third-order valence-electron chi connectivity index (χ3n) is 2.96. The molecule has 0 saturated heterocycles. The van der Waals surface area contributed by atoms with E-state index >= 15 is 0 Å². The van der Waals surface area contributed by atoms with Gasteiger partial charge in [-0.15, -0.1) is 5.10 Å². The lowest BCUT2D eigenvalue weighted by Gasteiger charge is -2.05. The summed E-state index contributed by atoms with van der Waals surface area (Å²) in [4.78, 5) is 11.9. The Morgan fingerprint density at radius 3 is 2.80 bits per heavy atom. The summed E-state index contributed by atoms with van der Waals surface area (Å²) >= 11 is 0. The summed E-state index contributed by atoms with van der Waals surface area (Å²) in [7, 11) is 1.94. The van der Waals surface area contributed by atoms with E-state index in [0.29, 0.717) is 5.82 Å². The number of nitrogens with zero attached hydrogens (tertiary/aromatic N) is 3. The molecular weight excluding hydrogens is 254 g/mol. The van der Waals surface area contributed by atoms with Crippen molar-refractivity contribution in [2.75, 3.05) is 10.6 Å². The molecular formula is C14H13N5O. The van der Waals surface area contributed by atoms with Gasteiger partial charge in [0.05, 0.1) is 5.69 Å². The zero-order valence-electron chi connectivity index (χ0n) is 10.9. The summed E-state index contributed by atoms with van der Waals surface area (Å²) in [5.74, 6) is 0.408. The van der Waals surface area contributed by atoms with Gasteiger partial charge in [0.25, 0.3) is 0 Å². The van der Waals surface area contributed by atoms with Crippen molar-refractivity contribution in [3.8, 4) is 0 Å². The molecule has 0 aliphatic heterocycles. The highest BCUT2D eigenvalue weighted by Gasteiger charge is 2.09. The molecule has 0 spiro atoms. The Labute approximate surface area is 115 Å². The summed E-state index contributed by atoms with van der Waals surface area (Å²) in [6.45, 7) is 0. The van der Waals surface area contributed by atoms with Crippen LogP contribution >= 0.6 is 0 Å². The molecule has 0 fully saturated rings. The summed E-state index contributed by atoms with van der Waals surface area (Å²) < 4.78 is 1.97. The third kappa shape index (κ3) is 2.31. The van der Waals surface area contributed by atoms with Gasteiger partial charge < -0.3 is 9.88 Å². The van der Waals surface area contributed by atoms with E-state index in [1.54, 1.807) is 18.3 Å². The number of nitrogens with one attached hydrogen (secondary N) is 2. The number of urea groups is 1. The van der Waals surface area contributed by atoms with Crippen LogP contribution in [0.25, 0.3) is 10.9 Å². The molecule has 3 aromatic rings. The van der Waals surface area contributed by atoms with Crippen LogP contribution < -0.4 is 10.6 Å². The molecule has 6 nitrogen and oxygen atoms in total. The number of para-hydroxylation sites is 1. The summed E-state index contributed by atoms with van der Waals surface area (Å²) in [6, 6.07) is 10.9. The van der Waals surface area contributed by atoms with Crippen molar-refractivity contribution in [1.82, 2.24) is 14.8 Å². The first-order valence-electron chi connectivity index (χ1n) is 6.14. The largest absolute Gasteiger partial charge is 0.348 e. The lowest BCUT2D eigenvalue weighted by Crippen LogP contribution is -2.20. The molecule has 2 aromatic heterocycles. The van der Waals surface area contributed by atoms with Crippen molar-refractivity contribution in [2.45, 2.75) is 0 Å². The minimum absolute atomic E-state index is 0.346. The second kappa shape index (κ2) is 5.00. The first kappa shape index (κ1) is 12.2. The molecule has 20 heavy (non-hydrogen) atoms. The predicted molar refractivity (Wildman–Crippen MR) is 77.6 cm³/mol. The standard InChI is InChI=1S/C14H13N5O/c1-19-9-11(10-5-2-3-6-12(10)19)16-14(20)17-13-7-4-8-15-18-13/h2-9H,1H3,(H2,16,17,18,20). The highest BCUT2D eigenvalue weighted by Crippen LogP contribution is 2.24. The quantitative estimate of drug-likeness (QED) is 0.749. The Kier molecular flexibility index (Phi) is 3.04. The molecule has 6 heteroatoms. The van der Waals surface area contributed by atoms with Crippen LogP contribution in [0.2, 0.25) is 0 Å². The number of fused-ring (bicyclic) bond motifs is 1. The van der Waals surface area contributed by atoms with Gasteiger partial charge in [-0.3, -0.25) is 5.32 Å². The zero-order valence-corrected chi connectivity index (χ0v) is 10.9. The number of benzene rings is 1. The maximum Gasteiger partial charge on any atom is 0.324 e. The van der Waals surface area contributed by atoms with Crippen LogP contribution in [0.4, 0.5) is 16.3 Å². The second-order valence-electron chi connectivity index (χ2n) is 4.36. The highest BCUT2D eigenvalue weighted by molar-refractivity contribution is 6.05. The maximum atomic E-state index is 11.9. The normalized spacial score (nSPS) is 10.4. The van der Waals surface area contributed by atoms with E-state index in [2.05, 4.69) is 20.8 Å². The van der Waals surface area contributed by atoms with Crippen molar-refractivity contribution < 1.29 is 4.79 Å². The first-order chi connectivity index (χ1) is 9.74. The number of hydrogen-bond acceptors (Lipinski definition) is 3. The SMILES string of the molecule is Cn1cc(NC(=O)Nc2cccnn2)c2ccccc21. The van der Waals surface area contributed by atoms with E-state index in [0.717, 1.165) is 16.6 Å². The molecule has 2 N–H and O–H groups in total.